The Kier molecular flexibility index (Phi) is 10.5. The van der Waals surface area contributed by atoms with Crippen LogP contribution in [0, 0.1) is 5.92 Å². The molecule has 2 saturated heterocycles. The highest BCUT2D eigenvalue weighted by Gasteiger charge is 2.33. The van der Waals surface area contributed by atoms with Gasteiger partial charge in [0.25, 0.3) is 0 Å². The largest absolute Gasteiger partial charge is 0.508 e. The van der Waals surface area contributed by atoms with Crippen LogP contribution in [-0.2, 0) is 11.2 Å². The molecule has 36 heavy (non-hydrogen) atoms. The van der Waals surface area contributed by atoms with Gasteiger partial charge in [0.2, 0.25) is 0 Å². The fourth-order valence-corrected chi connectivity index (χ4v) is 5.29. The number of piperidine rings is 1. The van der Waals surface area contributed by atoms with Crippen LogP contribution in [0.15, 0.2) is 48.5 Å². The lowest BCUT2D eigenvalue weighted by molar-refractivity contribution is 0.0469. The third-order valence-corrected chi connectivity index (χ3v) is 7.23. The Labute approximate surface area is 227 Å². The number of para-hydroxylation sites is 2. The third-order valence-electron chi connectivity index (χ3n) is 7.23. The van der Waals surface area contributed by atoms with E-state index in [-0.39, 0.29) is 51.0 Å². The number of nitrogens with zero attached hydrogens (tertiary/aromatic N) is 2. The maximum Gasteiger partial charge on any atom is 0.410 e. The molecule has 0 aromatic heterocycles. The van der Waals surface area contributed by atoms with E-state index in [9.17, 15) is 9.90 Å². The van der Waals surface area contributed by atoms with E-state index in [0.29, 0.717) is 19.1 Å². The number of carbonyl (C=O) groups is 1. The van der Waals surface area contributed by atoms with Crippen molar-refractivity contribution in [2.24, 2.45) is 5.92 Å². The fourth-order valence-electron chi connectivity index (χ4n) is 5.29. The number of fused-ring (bicyclic) bond motifs is 1. The quantitative estimate of drug-likeness (QED) is 0.544. The molecule has 3 aliphatic rings. The zero-order valence-electron chi connectivity index (χ0n) is 20.6. The molecule has 2 fully saturated rings. The summed E-state index contributed by atoms with van der Waals surface area (Å²) in [5.74, 6) is 2.65. The molecule has 198 valence electrons. The van der Waals surface area contributed by atoms with Gasteiger partial charge in [-0.15, -0.1) is 0 Å². The first-order valence-electron chi connectivity index (χ1n) is 12.5. The Morgan fingerprint density at radius 3 is 2.39 bits per heavy atom. The average molecular weight is 535 g/mol. The van der Waals surface area contributed by atoms with E-state index in [4.69, 9.17) is 14.2 Å². The van der Waals surface area contributed by atoms with Crippen LogP contribution >= 0.6 is 27.0 Å². The summed E-state index contributed by atoms with van der Waals surface area (Å²) in [4.78, 5) is 16.6. The summed E-state index contributed by atoms with van der Waals surface area (Å²) >= 11 is 0. The molecule has 2 aromatic carbocycles. The van der Waals surface area contributed by atoms with Crippen LogP contribution in [0.2, 0.25) is 0 Å². The molecule has 5 rings (SSSR count). The highest BCUT2D eigenvalue weighted by molar-refractivity contribution is 7.59. The Balaban J connectivity index is 0.00000180. The van der Waals surface area contributed by atoms with Gasteiger partial charge in [-0.2, -0.15) is 27.0 Å². The number of ether oxygens (including phenoxy) is 3. The van der Waals surface area contributed by atoms with Crippen LogP contribution in [0.25, 0.3) is 0 Å². The van der Waals surface area contributed by atoms with E-state index in [1.54, 1.807) is 12.1 Å². The van der Waals surface area contributed by atoms with Crippen molar-refractivity contribution in [3.05, 3.63) is 54.1 Å². The first-order valence-corrected chi connectivity index (χ1v) is 12.5. The van der Waals surface area contributed by atoms with Gasteiger partial charge in [-0.1, -0.05) is 24.3 Å². The summed E-state index contributed by atoms with van der Waals surface area (Å²) in [6.45, 7) is 4.86. The van der Waals surface area contributed by atoms with E-state index in [2.05, 4.69) is 4.90 Å². The molecule has 1 N–H and O–H groups in total. The summed E-state index contributed by atoms with van der Waals surface area (Å²) in [5.41, 5.74) is 1.11. The van der Waals surface area contributed by atoms with E-state index < -0.39 is 0 Å². The van der Waals surface area contributed by atoms with E-state index >= 15 is 0 Å². The van der Waals surface area contributed by atoms with Crippen molar-refractivity contribution < 1.29 is 24.1 Å². The number of hydrogen-bond acceptors (Lipinski definition) is 6. The van der Waals surface area contributed by atoms with Crippen molar-refractivity contribution in [3.8, 4) is 17.2 Å². The zero-order chi connectivity index (χ0) is 23.3. The minimum absolute atomic E-state index is 0. The molecule has 0 unspecified atom stereocenters. The number of aromatic hydroxyl groups is 1. The van der Waals surface area contributed by atoms with Crippen molar-refractivity contribution in [2.75, 3.05) is 39.4 Å². The zero-order valence-corrected chi connectivity index (χ0v) is 22.6. The first kappa shape index (κ1) is 28.3. The molecule has 0 spiro atoms. The minimum atomic E-state index is -0.199. The van der Waals surface area contributed by atoms with E-state index in [0.717, 1.165) is 62.5 Å². The molecular formula is C27H38N2O5S2. The molecule has 7 nitrogen and oxygen atoms in total. The number of phenolic OH excluding ortho intramolecular Hbond substituents is 1. The molecular weight excluding hydrogens is 496 g/mol. The lowest BCUT2D eigenvalue weighted by Crippen LogP contribution is -2.44. The normalized spacial score (nSPS) is 21.9. The predicted octanol–water partition coefficient (Wildman–Crippen LogP) is 4.31. The third kappa shape index (κ3) is 7.17. The molecule has 3 heterocycles. The number of cyclic esters (lactones) is 1. The van der Waals surface area contributed by atoms with Gasteiger partial charge in [0.15, 0.2) is 11.5 Å². The van der Waals surface area contributed by atoms with Crippen molar-refractivity contribution >= 4 is 33.1 Å². The number of carbonyl (C=O) groups excluding carboxylic acids is 1. The lowest BCUT2D eigenvalue weighted by atomic mass is 9.92. The maximum atomic E-state index is 12.3. The Morgan fingerprint density at radius 2 is 1.64 bits per heavy atom. The molecule has 0 aliphatic carbocycles. The molecule has 2 atom stereocenters. The average Bonchev–Trinajstić information content (AvgIpc) is 3.20. The van der Waals surface area contributed by atoms with Crippen molar-refractivity contribution in [2.45, 2.75) is 44.2 Å². The summed E-state index contributed by atoms with van der Waals surface area (Å²) in [7, 11) is 0. The second-order valence-electron chi connectivity index (χ2n) is 9.68. The molecule has 0 radical (unpaired) electrons. The van der Waals surface area contributed by atoms with Crippen LogP contribution in [0.4, 0.5) is 4.79 Å². The molecule has 2 aromatic rings. The van der Waals surface area contributed by atoms with Gasteiger partial charge in [0, 0.05) is 13.1 Å². The van der Waals surface area contributed by atoms with Gasteiger partial charge in [-0.25, -0.2) is 4.79 Å². The molecule has 0 bridgehead atoms. The van der Waals surface area contributed by atoms with Crippen molar-refractivity contribution in [1.82, 2.24) is 9.80 Å². The number of phenols is 1. The summed E-state index contributed by atoms with van der Waals surface area (Å²) in [6, 6.07) is 15.1. The lowest BCUT2D eigenvalue weighted by Gasteiger charge is -2.35. The van der Waals surface area contributed by atoms with E-state index in [1.165, 1.54) is 12.8 Å². The number of hydrogen-bond donors (Lipinski definition) is 1. The van der Waals surface area contributed by atoms with Crippen molar-refractivity contribution in [1.29, 1.82) is 0 Å². The Morgan fingerprint density at radius 1 is 0.917 bits per heavy atom. The van der Waals surface area contributed by atoms with Gasteiger partial charge in [-0.05, 0) is 80.9 Å². The number of benzene rings is 2. The topological polar surface area (TPSA) is 71.5 Å². The smallest absolute Gasteiger partial charge is 0.410 e. The Hall–Kier alpha value is -2.23. The molecule has 0 saturated carbocycles. The van der Waals surface area contributed by atoms with Gasteiger partial charge in [0.1, 0.15) is 25.1 Å². The standard InChI is InChI=1S/C27H34N2O5.2H2S/c30-23-9-7-21(8-10-23)16-22-18-33-27(31)29(22)13-3-4-20-11-14-28(15-12-20)17-24-19-32-25-5-1-2-6-26(25)34-24;;/h1-2,5-10,20,22,24,30H,3-4,11-19H2;2*1H2/t22-,24-;;/m0../s1. The SMILES string of the molecule is O=C1OC[C@H](Cc2ccc(O)cc2)N1CCCC1CCN(C[C@H]2COc3ccccc3O2)CC1.S.S. The second kappa shape index (κ2) is 13.4. The summed E-state index contributed by atoms with van der Waals surface area (Å²) in [6.07, 6.45) is 5.15. The first-order chi connectivity index (χ1) is 16.6. The maximum absolute atomic E-state index is 12.3. The van der Waals surface area contributed by atoms with Crippen LogP contribution in [0.5, 0.6) is 17.2 Å². The van der Waals surface area contributed by atoms with Gasteiger partial charge in [0.05, 0.1) is 6.04 Å². The van der Waals surface area contributed by atoms with Gasteiger partial charge >= 0.3 is 6.09 Å². The number of likely N-dealkylation sites (tertiary alicyclic amines) is 1. The summed E-state index contributed by atoms with van der Waals surface area (Å²) in [5, 5.41) is 9.48. The monoisotopic (exact) mass is 534 g/mol. The van der Waals surface area contributed by atoms with Crippen LogP contribution in [0.3, 0.4) is 0 Å². The Bertz CT molecular complexity index is 969. The van der Waals surface area contributed by atoms with Crippen molar-refractivity contribution in [3.63, 3.8) is 0 Å². The summed E-state index contributed by atoms with van der Waals surface area (Å²) < 4.78 is 17.3. The minimum Gasteiger partial charge on any atom is -0.508 e. The second-order valence-corrected chi connectivity index (χ2v) is 9.68. The number of amides is 1. The highest BCUT2D eigenvalue weighted by atomic mass is 32.1. The number of rotatable bonds is 8. The van der Waals surface area contributed by atoms with Gasteiger partial charge in [-0.3, -0.25) is 4.90 Å². The molecule has 9 heteroatoms. The van der Waals surface area contributed by atoms with Gasteiger partial charge < -0.3 is 24.2 Å². The molecule has 3 aliphatic heterocycles. The van der Waals surface area contributed by atoms with Crippen LogP contribution in [0.1, 0.15) is 31.2 Å². The molecule has 1 amide bonds. The predicted molar refractivity (Wildman–Crippen MR) is 149 cm³/mol. The fraction of sp³-hybridized carbons (Fsp3) is 0.519. The van der Waals surface area contributed by atoms with Crippen LogP contribution in [-0.4, -0.2) is 72.5 Å². The highest BCUT2D eigenvalue weighted by Crippen LogP contribution is 2.31. The van der Waals surface area contributed by atoms with Crippen LogP contribution < -0.4 is 9.47 Å². The van der Waals surface area contributed by atoms with E-state index in [1.807, 2.05) is 41.3 Å².